The van der Waals surface area contributed by atoms with Gasteiger partial charge in [0, 0.05) is 34.3 Å². The van der Waals surface area contributed by atoms with Crippen molar-refractivity contribution in [2.24, 2.45) is 0 Å². The standard InChI is InChI=1S/C35H20F6N4O2.Pt/c1-33(2,31-11-13-44(42-31)21-5-9-29-25(17-21)23-15-19(34(36,37)38)3-7-27(23)46-29)32-12-14-45(43-32)22-6-10-30-26(18-22)24-16-20(35(39,40)41)4-8-28(24)47-30;/h3-4,7-18H,1-2H3;/q-2;+2. The second-order valence-electron chi connectivity index (χ2n) is 11.7. The molecule has 0 saturated heterocycles. The maximum atomic E-state index is 13.4. The van der Waals surface area contributed by atoms with Crippen molar-refractivity contribution in [3.63, 3.8) is 0 Å². The Morgan fingerprint density at radius 3 is 1.35 bits per heavy atom. The van der Waals surface area contributed by atoms with Crippen molar-refractivity contribution in [2.75, 3.05) is 0 Å². The number of rotatable bonds is 4. The van der Waals surface area contributed by atoms with Crippen molar-refractivity contribution < 1.29 is 56.2 Å². The summed E-state index contributed by atoms with van der Waals surface area (Å²) in [4.78, 5) is 0. The SMILES string of the molecule is CC(C)(c1ccn(-c2[c-]cc3oc4ccc(C(F)(F)F)cc4c3c2)n1)c1ccn(-c2[c-]cc3oc4ccc(C(F)(F)F)cc4c3c2)n1.[Pt+2]. The molecule has 244 valence electrons. The molecule has 0 aliphatic carbocycles. The van der Waals surface area contributed by atoms with Crippen LogP contribution in [-0.2, 0) is 38.8 Å². The van der Waals surface area contributed by atoms with Crippen LogP contribution in [0.15, 0.2) is 94.0 Å². The van der Waals surface area contributed by atoms with E-state index in [1.54, 1.807) is 46.0 Å². The average molecular weight is 838 g/mol. The fourth-order valence-corrected chi connectivity index (χ4v) is 5.75. The number of aromatic nitrogens is 4. The van der Waals surface area contributed by atoms with Crippen LogP contribution in [0.4, 0.5) is 26.3 Å². The summed E-state index contributed by atoms with van der Waals surface area (Å²) in [7, 11) is 0. The molecule has 0 spiro atoms. The summed E-state index contributed by atoms with van der Waals surface area (Å²) in [6, 6.07) is 23.1. The molecule has 4 aromatic carbocycles. The molecule has 0 N–H and O–H groups in total. The largest absolute Gasteiger partial charge is 2.00 e. The van der Waals surface area contributed by atoms with Crippen LogP contribution >= 0.6 is 0 Å². The van der Waals surface area contributed by atoms with Gasteiger partial charge >= 0.3 is 33.4 Å². The molecule has 48 heavy (non-hydrogen) atoms. The number of alkyl halides is 6. The van der Waals surface area contributed by atoms with Crippen LogP contribution in [-0.4, -0.2) is 19.6 Å². The maximum absolute atomic E-state index is 13.4. The summed E-state index contributed by atoms with van der Waals surface area (Å²) in [5.74, 6) is 0. The summed E-state index contributed by atoms with van der Waals surface area (Å²) in [5, 5.41) is 11.2. The maximum Gasteiger partial charge on any atom is 2.00 e. The Balaban J connectivity index is 0.00000364. The molecule has 0 bridgehead atoms. The zero-order valence-electron chi connectivity index (χ0n) is 24.8. The molecule has 0 fully saturated rings. The Morgan fingerprint density at radius 1 is 0.562 bits per heavy atom. The molecule has 0 amide bonds. The molecule has 0 aliphatic rings. The number of benzene rings is 4. The van der Waals surface area contributed by atoms with E-state index in [1.165, 1.54) is 12.1 Å². The van der Waals surface area contributed by atoms with Gasteiger partial charge in [-0.2, -0.15) is 48.7 Å². The number of halogens is 6. The molecule has 8 aromatic rings. The third-order valence-electron chi connectivity index (χ3n) is 8.38. The molecule has 0 aliphatic heterocycles. The van der Waals surface area contributed by atoms with Crippen LogP contribution in [0.5, 0.6) is 0 Å². The molecule has 0 radical (unpaired) electrons. The molecular weight excluding hydrogens is 817 g/mol. The minimum absolute atomic E-state index is 0. The number of nitrogens with zero attached hydrogens (tertiary/aromatic N) is 4. The van der Waals surface area contributed by atoms with Crippen molar-refractivity contribution in [3.8, 4) is 11.4 Å². The van der Waals surface area contributed by atoms with Gasteiger partial charge in [0.25, 0.3) is 0 Å². The fraction of sp³-hybridized carbons (Fsp3) is 0.143. The minimum atomic E-state index is -4.49. The normalized spacial score (nSPS) is 12.8. The van der Waals surface area contributed by atoms with Gasteiger partial charge in [0.05, 0.1) is 27.9 Å². The monoisotopic (exact) mass is 837 g/mol. The molecule has 4 heterocycles. The van der Waals surface area contributed by atoms with Gasteiger partial charge in [-0.05, 0) is 73.8 Å². The molecule has 6 nitrogen and oxygen atoms in total. The summed E-state index contributed by atoms with van der Waals surface area (Å²) < 4.78 is 94.9. The quantitative estimate of drug-likeness (QED) is 0.131. The number of hydrogen-bond acceptors (Lipinski definition) is 4. The van der Waals surface area contributed by atoms with Crippen molar-refractivity contribution in [2.45, 2.75) is 31.6 Å². The van der Waals surface area contributed by atoms with Crippen LogP contribution < -0.4 is 0 Å². The smallest absolute Gasteiger partial charge is 0.516 e. The zero-order valence-corrected chi connectivity index (χ0v) is 27.0. The Kier molecular flexibility index (Phi) is 7.18. The average Bonchev–Trinajstić information content (AvgIpc) is 3.83. The summed E-state index contributed by atoms with van der Waals surface area (Å²) in [5.41, 5.74) is 1.58. The van der Waals surface area contributed by atoms with E-state index in [4.69, 9.17) is 19.0 Å². The third-order valence-corrected chi connectivity index (χ3v) is 8.38. The van der Waals surface area contributed by atoms with E-state index in [0.717, 1.165) is 24.3 Å². The third kappa shape index (κ3) is 5.19. The first-order valence-corrected chi connectivity index (χ1v) is 14.3. The molecule has 8 rings (SSSR count). The van der Waals surface area contributed by atoms with Gasteiger partial charge in [-0.25, -0.2) is 0 Å². The summed E-state index contributed by atoms with van der Waals surface area (Å²) >= 11 is 0. The van der Waals surface area contributed by atoms with Gasteiger partial charge in [0.15, 0.2) is 0 Å². The minimum Gasteiger partial charge on any atom is -0.516 e. The van der Waals surface area contributed by atoms with Gasteiger partial charge in [-0.15, -0.1) is 24.3 Å². The van der Waals surface area contributed by atoms with E-state index in [1.807, 2.05) is 26.0 Å². The predicted molar refractivity (Wildman–Crippen MR) is 161 cm³/mol. The first-order valence-electron chi connectivity index (χ1n) is 14.3. The van der Waals surface area contributed by atoms with Crippen LogP contribution in [0.25, 0.3) is 55.3 Å². The first kappa shape index (κ1) is 31.8. The van der Waals surface area contributed by atoms with E-state index in [2.05, 4.69) is 12.1 Å². The molecular formula is C35H20F6N4O2Pt. The van der Waals surface area contributed by atoms with Crippen LogP contribution in [0.3, 0.4) is 0 Å². The summed E-state index contributed by atoms with van der Waals surface area (Å²) in [6.45, 7) is 3.88. The second-order valence-corrected chi connectivity index (χ2v) is 11.7. The Labute approximate surface area is 281 Å². The molecule has 4 aromatic heterocycles. The Hall–Kier alpha value is -4.83. The van der Waals surface area contributed by atoms with Gasteiger partial charge < -0.3 is 8.83 Å². The molecule has 13 heteroatoms. The molecule has 0 unspecified atom stereocenters. The fourth-order valence-electron chi connectivity index (χ4n) is 5.75. The predicted octanol–water partition coefficient (Wildman–Crippen LogP) is 9.82. The molecule has 0 atom stereocenters. The molecule has 0 saturated carbocycles. The first-order chi connectivity index (χ1) is 22.3. The van der Waals surface area contributed by atoms with E-state index in [-0.39, 0.29) is 21.1 Å². The summed E-state index contributed by atoms with van der Waals surface area (Å²) in [6.07, 6.45) is -5.52. The van der Waals surface area contributed by atoms with Crippen molar-refractivity contribution in [1.82, 2.24) is 19.6 Å². The van der Waals surface area contributed by atoms with Gasteiger partial charge in [-0.3, -0.25) is 9.36 Å². The Morgan fingerprint density at radius 2 is 0.958 bits per heavy atom. The van der Waals surface area contributed by atoms with Crippen LogP contribution in [0, 0.1) is 12.1 Å². The van der Waals surface area contributed by atoms with Gasteiger partial charge in [0.2, 0.25) is 0 Å². The number of fused-ring (bicyclic) bond motifs is 6. The van der Waals surface area contributed by atoms with Crippen molar-refractivity contribution in [1.29, 1.82) is 0 Å². The van der Waals surface area contributed by atoms with E-state index >= 15 is 0 Å². The van der Waals surface area contributed by atoms with Gasteiger partial charge in [0.1, 0.15) is 11.2 Å². The van der Waals surface area contributed by atoms with E-state index in [0.29, 0.717) is 66.6 Å². The van der Waals surface area contributed by atoms with Crippen molar-refractivity contribution >= 4 is 43.9 Å². The van der Waals surface area contributed by atoms with E-state index < -0.39 is 28.9 Å². The van der Waals surface area contributed by atoms with E-state index in [9.17, 15) is 26.3 Å². The van der Waals surface area contributed by atoms with Crippen LogP contribution in [0.1, 0.15) is 36.4 Å². The van der Waals surface area contributed by atoms with Crippen molar-refractivity contribution in [3.05, 3.63) is 120 Å². The Bertz CT molecular complexity index is 2330. The second kappa shape index (κ2) is 10.8. The van der Waals surface area contributed by atoms with Crippen LogP contribution in [0.2, 0.25) is 0 Å². The van der Waals surface area contributed by atoms with Gasteiger partial charge in [-0.1, -0.05) is 10.8 Å². The number of hydrogen-bond donors (Lipinski definition) is 0. The topological polar surface area (TPSA) is 61.9 Å². The number of furan rings is 2. The zero-order chi connectivity index (χ0) is 32.9.